The summed E-state index contributed by atoms with van der Waals surface area (Å²) in [5, 5.41) is 6.20. The topological polar surface area (TPSA) is 80.9 Å². The maximum atomic E-state index is 10.8. The highest BCUT2D eigenvalue weighted by Gasteiger charge is 2.01. The third-order valence-electron chi connectivity index (χ3n) is 2.18. The van der Waals surface area contributed by atoms with E-state index in [2.05, 4.69) is 15.3 Å². The molecule has 0 atom stereocenters. The van der Waals surface area contributed by atoms with Crippen LogP contribution in [0.5, 0.6) is 0 Å². The Labute approximate surface area is 103 Å². The molecule has 0 aliphatic rings. The molecular formula is C11H12N4OS. The first-order valence-electron chi connectivity index (χ1n) is 5.14. The Bertz CT molecular complexity index is 481. The maximum absolute atomic E-state index is 10.8. The van der Waals surface area contributed by atoms with Gasteiger partial charge in [-0.1, -0.05) is 0 Å². The SMILES string of the molecule is NC(=O)c1ccc(NCCc2nccs2)nc1. The van der Waals surface area contributed by atoms with Gasteiger partial charge in [-0.3, -0.25) is 4.79 Å². The Morgan fingerprint density at radius 3 is 2.88 bits per heavy atom. The molecule has 0 aliphatic heterocycles. The molecule has 6 heteroatoms. The highest BCUT2D eigenvalue weighted by molar-refractivity contribution is 7.09. The van der Waals surface area contributed by atoms with Gasteiger partial charge in [-0.25, -0.2) is 9.97 Å². The van der Waals surface area contributed by atoms with Crippen LogP contribution >= 0.6 is 11.3 Å². The quantitative estimate of drug-likeness (QED) is 0.835. The molecule has 5 nitrogen and oxygen atoms in total. The van der Waals surface area contributed by atoms with Gasteiger partial charge >= 0.3 is 0 Å². The average Bonchev–Trinajstić information content (AvgIpc) is 2.83. The third kappa shape index (κ3) is 3.25. The molecular weight excluding hydrogens is 236 g/mol. The zero-order chi connectivity index (χ0) is 12.1. The molecule has 0 aromatic carbocycles. The van der Waals surface area contributed by atoms with Gasteiger partial charge in [0.25, 0.3) is 0 Å². The standard InChI is InChI=1S/C11H12N4OS/c12-11(16)8-1-2-9(15-7-8)13-4-3-10-14-5-6-17-10/h1-2,5-7H,3-4H2,(H2,12,16)(H,13,15). The van der Waals surface area contributed by atoms with Crippen LogP contribution in [-0.4, -0.2) is 22.4 Å². The summed E-state index contributed by atoms with van der Waals surface area (Å²) in [7, 11) is 0. The minimum absolute atomic E-state index is 0.412. The molecule has 0 spiro atoms. The van der Waals surface area contributed by atoms with Crippen LogP contribution < -0.4 is 11.1 Å². The van der Waals surface area contributed by atoms with Crippen LogP contribution in [0.15, 0.2) is 29.9 Å². The Balaban J connectivity index is 1.85. The number of aromatic nitrogens is 2. The number of nitrogens with zero attached hydrogens (tertiary/aromatic N) is 2. The fourth-order valence-corrected chi connectivity index (χ4v) is 1.94. The lowest BCUT2D eigenvalue weighted by molar-refractivity contribution is 0.1000. The second-order valence-corrected chi connectivity index (χ2v) is 4.38. The molecule has 88 valence electrons. The lowest BCUT2D eigenvalue weighted by atomic mass is 10.3. The number of hydrogen-bond acceptors (Lipinski definition) is 5. The van der Waals surface area contributed by atoms with E-state index in [4.69, 9.17) is 5.73 Å². The second kappa shape index (κ2) is 5.40. The molecule has 2 aromatic rings. The van der Waals surface area contributed by atoms with E-state index in [9.17, 15) is 4.79 Å². The molecule has 17 heavy (non-hydrogen) atoms. The number of nitrogens with one attached hydrogen (secondary N) is 1. The van der Waals surface area contributed by atoms with Gasteiger partial charge in [0.05, 0.1) is 10.6 Å². The van der Waals surface area contributed by atoms with Crippen LogP contribution in [0.3, 0.4) is 0 Å². The van der Waals surface area contributed by atoms with Crippen molar-refractivity contribution in [2.75, 3.05) is 11.9 Å². The summed E-state index contributed by atoms with van der Waals surface area (Å²) in [5.41, 5.74) is 5.53. The molecule has 0 saturated heterocycles. The van der Waals surface area contributed by atoms with Crippen molar-refractivity contribution in [1.82, 2.24) is 9.97 Å². The van der Waals surface area contributed by atoms with E-state index in [-0.39, 0.29) is 0 Å². The van der Waals surface area contributed by atoms with Gasteiger partial charge in [0.1, 0.15) is 5.82 Å². The predicted octanol–water partition coefficient (Wildman–Crippen LogP) is 1.29. The van der Waals surface area contributed by atoms with Crippen LogP contribution in [0.25, 0.3) is 0 Å². The molecule has 0 aliphatic carbocycles. The van der Waals surface area contributed by atoms with Crippen LogP contribution in [-0.2, 0) is 6.42 Å². The Morgan fingerprint density at radius 1 is 1.41 bits per heavy atom. The summed E-state index contributed by atoms with van der Waals surface area (Å²) < 4.78 is 0. The number of carbonyl (C=O) groups is 1. The Morgan fingerprint density at radius 2 is 2.29 bits per heavy atom. The lowest BCUT2D eigenvalue weighted by Crippen LogP contribution is -2.12. The van der Waals surface area contributed by atoms with E-state index in [1.807, 2.05) is 5.38 Å². The summed E-state index contributed by atoms with van der Waals surface area (Å²) in [4.78, 5) is 19.1. The molecule has 2 aromatic heterocycles. The Kier molecular flexibility index (Phi) is 3.66. The average molecular weight is 248 g/mol. The molecule has 0 saturated carbocycles. The fraction of sp³-hybridized carbons (Fsp3) is 0.182. The summed E-state index contributed by atoms with van der Waals surface area (Å²) in [6.45, 7) is 0.760. The molecule has 1 amide bonds. The van der Waals surface area contributed by atoms with E-state index in [1.54, 1.807) is 29.7 Å². The van der Waals surface area contributed by atoms with E-state index in [0.29, 0.717) is 5.56 Å². The number of nitrogens with two attached hydrogens (primary N) is 1. The summed E-state index contributed by atoms with van der Waals surface area (Å²) in [6, 6.07) is 3.39. The zero-order valence-corrected chi connectivity index (χ0v) is 9.91. The van der Waals surface area contributed by atoms with Crippen molar-refractivity contribution in [2.45, 2.75) is 6.42 Å². The van der Waals surface area contributed by atoms with E-state index in [0.717, 1.165) is 23.8 Å². The number of amides is 1. The molecule has 0 bridgehead atoms. The van der Waals surface area contributed by atoms with Crippen molar-refractivity contribution in [3.05, 3.63) is 40.5 Å². The summed E-state index contributed by atoms with van der Waals surface area (Å²) >= 11 is 1.63. The number of rotatable bonds is 5. The molecule has 2 heterocycles. The van der Waals surface area contributed by atoms with Crippen molar-refractivity contribution < 1.29 is 4.79 Å². The number of primary amides is 1. The number of anilines is 1. The van der Waals surface area contributed by atoms with Crippen LogP contribution in [0.4, 0.5) is 5.82 Å². The summed E-state index contributed by atoms with van der Waals surface area (Å²) in [6.07, 6.45) is 4.12. The van der Waals surface area contributed by atoms with Gasteiger partial charge in [0.2, 0.25) is 5.91 Å². The largest absolute Gasteiger partial charge is 0.370 e. The number of thiazole rings is 1. The fourth-order valence-electron chi connectivity index (χ4n) is 1.32. The first-order chi connectivity index (χ1) is 8.25. The van der Waals surface area contributed by atoms with Gasteiger partial charge in [0.15, 0.2) is 0 Å². The van der Waals surface area contributed by atoms with Gasteiger partial charge < -0.3 is 11.1 Å². The molecule has 3 N–H and O–H groups in total. The third-order valence-corrected chi connectivity index (χ3v) is 3.02. The van der Waals surface area contributed by atoms with E-state index in [1.165, 1.54) is 6.20 Å². The molecule has 0 radical (unpaired) electrons. The van der Waals surface area contributed by atoms with Gasteiger partial charge in [0, 0.05) is 30.7 Å². The van der Waals surface area contributed by atoms with Crippen LogP contribution in [0.1, 0.15) is 15.4 Å². The van der Waals surface area contributed by atoms with Crippen molar-refractivity contribution in [3.8, 4) is 0 Å². The smallest absolute Gasteiger partial charge is 0.250 e. The van der Waals surface area contributed by atoms with Crippen molar-refractivity contribution in [3.63, 3.8) is 0 Å². The van der Waals surface area contributed by atoms with Crippen LogP contribution in [0, 0.1) is 0 Å². The minimum atomic E-state index is -0.466. The first kappa shape index (κ1) is 11.5. The number of pyridine rings is 1. The second-order valence-electron chi connectivity index (χ2n) is 3.40. The van der Waals surface area contributed by atoms with Gasteiger partial charge in [-0.05, 0) is 12.1 Å². The van der Waals surface area contributed by atoms with Crippen molar-refractivity contribution in [2.24, 2.45) is 5.73 Å². The van der Waals surface area contributed by atoms with Crippen molar-refractivity contribution >= 4 is 23.1 Å². The molecule has 0 unspecified atom stereocenters. The highest BCUT2D eigenvalue weighted by atomic mass is 32.1. The van der Waals surface area contributed by atoms with Gasteiger partial charge in [-0.15, -0.1) is 11.3 Å². The van der Waals surface area contributed by atoms with E-state index < -0.39 is 5.91 Å². The highest BCUT2D eigenvalue weighted by Crippen LogP contribution is 2.07. The van der Waals surface area contributed by atoms with Crippen molar-refractivity contribution in [1.29, 1.82) is 0 Å². The maximum Gasteiger partial charge on any atom is 0.250 e. The van der Waals surface area contributed by atoms with Crippen LogP contribution in [0.2, 0.25) is 0 Å². The van der Waals surface area contributed by atoms with Gasteiger partial charge in [-0.2, -0.15) is 0 Å². The number of carbonyl (C=O) groups excluding carboxylic acids is 1. The summed E-state index contributed by atoms with van der Waals surface area (Å²) in [5.74, 6) is 0.262. The zero-order valence-electron chi connectivity index (χ0n) is 9.09. The monoisotopic (exact) mass is 248 g/mol. The molecule has 2 rings (SSSR count). The normalized spacial score (nSPS) is 10.1. The molecule has 0 fully saturated rings. The van der Waals surface area contributed by atoms with E-state index >= 15 is 0 Å². The number of hydrogen-bond donors (Lipinski definition) is 2. The Hall–Kier alpha value is -1.95. The first-order valence-corrected chi connectivity index (χ1v) is 6.02. The minimum Gasteiger partial charge on any atom is -0.370 e. The lowest BCUT2D eigenvalue weighted by Gasteiger charge is -2.04. The predicted molar refractivity (Wildman–Crippen MR) is 67.1 cm³/mol.